The van der Waals surface area contributed by atoms with E-state index in [9.17, 15) is 4.79 Å². The lowest BCUT2D eigenvalue weighted by Gasteiger charge is -2.07. The van der Waals surface area contributed by atoms with Gasteiger partial charge in [0.1, 0.15) is 12.7 Å². The summed E-state index contributed by atoms with van der Waals surface area (Å²) in [5.74, 6) is -0.0388. The Kier molecular flexibility index (Phi) is 2.80. The molecule has 0 aromatic carbocycles. The van der Waals surface area contributed by atoms with Crippen molar-refractivity contribution in [3.63, 3.8) is 0 Å². The van der Waals surface area contributed by atoms with E-state index in [1.165, 1.54) is 17.3 Å². The Hall–Kier alpha value is -3.30. The number of anilines is 2. The Balaban J connectivity index is 1.90. The molecule has 0 aliphatic rings. The molecule has 0 saturated heterocycles. The molecule has 20 heavy (non-hydrogen) atoms. The van der Waals surface area contributed by atoms with Crippen molar-refractivity contribution in [1.82, 2.24) is 34.9 Å². The fourth-order valence-corrected chi connectivity index (χ4v) is 1.55. The second-order valence-electron chi connectivity index (χ2n) is 3.71. The monoisotopic (exact) mass is 271 g/mol. The second-order valence-corrected chi connectivity index (χ2v) is 3.71. The number of aromatic amines is 1. The van der Waals surface area contributed by atoms with Gasteiger partial charge in [-0.25, -0.2) is 14.6 Å². The predicted molar refractivity (Wildman–Crippen MR) is 67.9 cm³/mol. The molecule has 100 valence electrons. The van der Waals surface area contributed by atoms with Gasteiger partial charge >= 0.3 is 0 Å². The first-order valence-electron chi connectivity index (χ1n) is 5.53. The minimum Gasteiger partial charge on any atom is -0.366 e. The Morgan fingerprint density at radius 2 is 2.35 bits per heavy atom. The lowest BCUT2D eigenvalue weighted by Crippen LogP contribution is -2.16. The highest BCUT2D eigenvalue weighted by Gasteiger charge is 2.14. The zero-order chi connectivity index (χ0) is 13.9. The van der Waals surface area contributed by atoms with E-state index in [0.29, 0.717) is 11.5 Å². The lowest BCUT2D eigenvalue weighted by molar-refractivity contribution is 0.101. The van der Waals surface area contributed by atoms with Gasteiger partial charge in [-0.3, -0.25) is 9.89 Å². The minimum absolute atomic E-state index is 0.00200. The number of carbonyl (C=O) groups is 1. The number of pyridine rings is 1. The molecule has 3 heterocycles. The van der Waals surface area contributed by atoms with Crippen molar-refractivity contribution in [2.45, 2.75) is 0 Å². The van der Waals surface area contributed by atoms with Gasteiger partial charge in [0, 0.05) is 6.20 Å². The Morgan fingerprint density at radius 1 is 1.45 bits per heavy atom. The molecule has 3 aromatic heterocycles. The number of H-pyrrole nitrogens is 1. The zero-order valence-corrected chi connectivity index (χ0v) is 10.1. The number of hydrogen-bond acceptors (Lipinski definition) is 7. The summed E-state index contributed by atoms with van der Waals surface area (Å²) in [7, 11) is 0. The summed E-state index contributed by atoms with van der Waals surface area (Å²) >= 11 is 0. The van der Waals surface area contributed by atoms with Gasteiger partial charge in [0.15, 0.2) is 5.82 Å². The maximum absolute atomic E-state index is 12.0. The Bertz CT molecular complexity index is 733. The topological polar surface area (TPSA) is 140 Å². The molecule has 0 saturated carbocycles. The summed E-state index contributed by atoms with van der Waals surface area (Å²) in [5, 5.41) is 12.6. The van der Waals surface area contributed by atoms with Crippen molar-refractivity contribution in [2.75, 3.05) is 11.1 Å². The molecule has 0 aliphatic carbocycles. The van der Waals surface area contributed by atoms with Crippen molar-refractivity contribution >= 4 is 17.5 Å². The number of nitrogens with zero attached hydrogens (tertiary/aromatic N) is 6. The molecule has 3 aromatic rings. The smallest absolute Gasteiger partial charge is 0.293 e. The van der Waals surface area contributed by atoms with Crippen molar-refractivity contribution in [2.24, 2.45) is 0 Å². The third-order valence-corrected chi connectivity index (χ3v) is 2.39. The predicted octanol–water partition coefficient (Wildman–Crippen LogP) is -0.385. The second kappa shape index (κ2) is 4.76. The van der Waals surface area contributed by atoms with Crippen LogP contribution >= 0.6 is 0 Å². The van der Waals surface area contributed by atoms with Crippen LogP contribution in [0, 0.1) is 0 Å². The molecule has 10 nitrogen and oxygen atoms in total. The van der Waals surface area contributed by atoms with Gasteiger partial charge in [0.2, 0.25) is 11.8 Å². The molecular weight excluding hydrogens is 262 g/mol. The molecule has 0 unspecified atom stereocenters. The Morgan fingerprint density at radius 3 is 3.05 bits per heavy atom. The molecule has 0 fully saturated rings. The highest BCUT2D eigenvalue weighted by Crippen LogP contribution is 2.16. The Labute approximate surface area is 112 Å². The fourth-order valence-electron chi connectivity index (χ4n) is 1.55. The molecule has 0 radical (unpaired) electrons. The molecular formula is C10H9N9O. The molecule has 0 atom stereocenters. The van der Waals surface area contributed by atoms with Crippen LogP contribution in [-0.2, 0) is 0 Å². The summed E-state index contributed by atoms with van der Waals surface area (Å²) in [5.41, 5.74) is 5.81. The molecule has 10 heteroatoms. The maximum Gasteiger partial charge on any atom is 0.293 e. The minimum atomic E-state index is -0.483. The van der Waals surface area contributed by atoms with E-state index in [2.05, 4.69) is 35.6 Å². The van der Waals surface area contributed by atoms with Crippen LogP contribution in [0.5, 0.6) is 0 Å². The maximum atomic E-state index is 12.0. The molecule has 0 spiro atoms. The number of nitrogens with two attached hydrogens (primary N) is 1. The van der Waals surface area contributed by atoms with Gasteiger partial charge in [0.05, 0.1) is 5.69 Å². The number of aromatic nitrogens is 7. The first kappa shape index (κ1) is 11.8. The van der Waals surface area contributed by atoms with Crippen LogP contribution in [0.2, 0.25) is 0 Å². The normalized spacial score (nSPS) is 10.4. The molecule has 1 amide bonds. The van der Waals surface area contributed by atoms with Crippen LogP contribution in [0.25, 0.3) is 5.82 Å². The van der Waals surface area contributed by atoms with Crippen LogP contribution in [0.3, 0.4) is 0 Å². The molecule has 3 rings (SSSR count). The highest BCUT2D eigenvalue weighted by atomic mass is 16.2. The number of hydrogen-bond donors (Lipinski definition) is 3. The largest absolute Gasteiger partial charge is 0.366 e. The van der Waals surface area contributed by atoms with Gasteiger partial charge in [-0.15, -0.1) is 5.10 Å². The summed E-state index contributed by atoms with van der Waals surface area (Å²) in [6.07, 6.45) is 4.43. The number of rotatable bonds is 3. The quantitative estimate of drug-likeness (QED) is 0.589. The SMILES string of the molecule is Nc1n[nH]c(C(=O)Nc2cccnc2-n2cncn2)n1. The highest BCUT2D eigenvalue weighted by molar-refractivity contribution is 6.02. The van der Waals surface area contributed by atoms with Gasteiger partial charge < -0.3 is 11.1 Å². The third-order valence-electron chi connectivity index (χ3n) is 2.39. The molecule has 0 aliphatic heterocycles. The van der Waals surface area contributed by atoms with Gasteiger partial charge in [-0.2, -0.15) is 10.1 Å². The summed E-state index contributed by atoms with van der Waals surface area (Å²) in [6.45, 7) is 0. The first-order chi connectivity index (χ1) is 9.74. The zero-order valence-electron chi connectivity index (χ0n) is 10.1. The number of amides is 1. The average molecular weight is 271 g/mol. The van der Waals surface area contributed by atoms with E-state index in [-0.39, 0.29) is 11.8 Å². The van der Waals surface area contributed by atoms with E-state index in [1.54, 1.807) is 18.3 Å². The molecule has 0 bridgehead atoms. The van der Waals surface area contributed by atoms with E-state index < -0.39 is 5.91 Å². The van der Waals surface area contributed by atoms with Gasteiger partial charge in [-0.1, -0.05) is 0 Å². The van der Waals surface area contributed by atoms with Crippen LogP contribution in [0.15, 0.2) is 31.0 Å². The number of carbonyl (C=O) groups excluding carboxylic acids is 1. The van der Waals surface area contributed by atoms with Crippen molar-refractivity contribution in [3.8, 4) is 5.82 Å². The van der Waals surface area contributed by atoms with Crippen LogP contribution in [0.1, 0.15) is 10.6 Å². The summed E-state index contributed by atoms with van der Waals surface area (Å²) < 4.78 is 1.43. The standard InChI is InChI=1S/C10H9N9O/c11-10-16-7(17-18-10)9(20)15-6-2-1-3-13-8(6)19-5-12-4-14-19/h1-5H,(H,15,20)(H3,11,16,17,18). The van der Waals surface area contributed by atoms with Gasteiger partial charge in [0.25, 0.3) is 5.91 Å². The van der Waals surface area contributed by atoms with Crippen LogP contribution in [0.4, 0.5) is 11.6 Å². The molecule has 4 N–H and O–H groups in total. The van der Waals surface area contributed by atoms with Crippen molar-refractivity contribution < 1.29 is 4.79 Å². The van der Waals surface area contributed by atoms with Crippen LogP contribution in [-0.4, -0.2) is 40.8 Å². The lowest BCUT2D eigenvalue weighted by atomic mass is 10.3. The van der Waals surface area contributed by atoms with Crippen molar-refractivity contribution in [1.29, 1.82) is 0 Å². The van der Waals surface area contributed by atoms with Crippen LogP contribution < -0.4 is 11.1 Å². The van der Waals surface area contributed by atoms with Crippen molar-refractivity contribution in [3.05, 3.63) is 36.8 Å². The number of nitrogen functional groups attached to an aromatic ring is 1. The van der Waals surface area contributed by atoms with E-state index in [1.807, 2.05) is 0 Å². The first-order valence-corrected chi connectivity index (χ1v) is 5.53. The van der Waals surface area contributed by atoms with E-state index in [0.717, 1.165) is 0 Å². The van der Waals surface area contributed by atoms with Gasteiger partial charge in [-0.05, 0) is 12.1 Å². The third kappa shape index (κ3) is 2.16. The summed E-state index contributed by atoms with van der Waals surface area (Å²) in [6, 6.07) is 3.37. The van der Waals surface area contributed by atoms with E-state index in [4.69, 9.17) is 5.73 Å². The number of nitrogens with one attached hydrogen (secondary N) is 2. The van der Waals surface area contributed by atoms with E-state index >= 15 is 0 Å². The fraction of sp³-hybridized carbons (Fsp3) is 0. The summed E-state index contributed by atoms with van der Waals surface area (Å²) in [4.78, 5) is 23.7. The average Bonchev–Trinajstić information content (AvgIpc) is 3.10.